The molecule has 434 valence electrons. The van der Waals surface area contributed by atoms with Gasteiger partial charge in [-0.15, -0.1) is 0 Å². The van der Waals surface area contributed by atoms with Gasteiger partial charge in [0.15, 0.2) is 5.60 Å². The Morgan fingerprint density at radius 1 is 0.482 bits per heavy atom. The van der Waals surface area contributed by atoms with Gasteiger partial charge < -0.3 is 39.4 Å². The lowest BCUT2D eigenvalue weighted by Gasteiger charge is -2.36. The Kier molecular flexibility index (Phi) is 20.9. The Hall–Kier alpha value is -8.75. The van der Waals surface area contributed by atoms with Crippen LogP contribution in [0.1, 0.15) is 126 Å². The average molecular weight is 1150 g/mol. The monoisotopic (exact) mass is 1140 g/mol. The number of nitrogens with one attached hydrogen (secondary N) is 2. The highest BCUT2D eigenvalue weighted by Crippen LogP contribution is 2.47. The molecule has 1 unspecified atom stereocenters. The largest absolute Gasteiger partial charge is 0.481 e. The molecule has 0 fully saturated rings. The van der Waals surface area contributed by atoms with Gasteiger partial charge in [-0.05, 0) is 99.0 Å². The van der Waals surface area contributed by atoms with Crippen LogP contribution < -0.4 is 10.6 Å². The quantitative estimate of drug-likeness (QED) is 0.0472. The molecular weight excluding hydrogens is 1070 g/mol. The van der Waals surface area contributed by atoms with Crippen molar-refractivity contribution in [1.82, 2.24) is 10.6 Å². The number of fused-ring (bicyclic) bond motifs is 6. The number of amides is 2. The van der Waals surface area contributed by atoms with Gasteiger partial charge in [-0.3, -0.25) is 9.59 Å². The van der Waals surface area contributed by atoms with E-state index in [1.165, 1.54) is 0 Å². The fourth-order valence-electron chi connectivity index (χ4n) is 10.1. The second-order valence-corrected chi connectivity index (χ2v) is 22.2. The number of rotatable bonds is 16. The summed E-state index contributed by atoms with van der Waals surface area (Å²) in [5.41, 5.74) is 8.23. The van der Waals surface area contributed by atoms with E-state index in [0.29, 0.717) is 21.7 Å². The third-order valence-corrected chi connectivity index (χ3v) is 13.9. The zero-order chi connectivity index (χ0) is 58.1. The normalized spacial score (nSPS) is 13.5. The number of carbonyl (C=O) groups excluding carboxylic acids is 5. The van der Waals surface area contributed by atoms with Crippen LogP contribution in [-0.2, 0) is 48.5 Å². The molecule has 83 heavy (non-hydrogen) atoms. The van der Waals surface area contributed by atoms with Crippen molar-refractivity contribution < 1.29 is 57.6 Å². The van der Waals surface area contributed by atoms with E-state index >= 15 is 0 Å². The molecule has 0 saturated carbocycles. The van der Waals surface area contributed by atoms with Gasteiger partial charge in [-0.1, -0.05) is 202 Å². The van der Waals surface area contributed by atoms with Crippen molar-refractivity contribution in [2.24, 2.45) is 0 Å². The Morgan fingerprint density at radius 2 is 0.843 bits per heavy atom. The molecule has 0 radical (unpaired) electrons. The number of esters is 3. The summed E-state index contributed by atoms with van der Waals surface area (Å²) in [5, 5.41) is 14.4. The molecule has 7 aromatic carbocycles. The van der Waals surface area contributed by atoms with E-state index in [4.69, 9.17) is 40.4 Å². The van der Waals surface area contributed by atoms with Crippen molar-refractivity contribution in [2.45, 2.75) is 117 Å². The number of benzene rings is 7. The summed E-state index contributed by atoms with van der Waals surface area (Å²) in [6.45, 7) is 12.2. The first kappa shape index (κ1) is 63.4. The van der Waals surface area contributed by atoms with Crippen LogP contribution in [0.5, 0.6) is 0 Å². The maximum atomic E-state index is 14.2. The Labute approximate surface area is 491 Å². The van der Waals surface area contributed by atoms with Crippen LogP contribution in [0, 0.1) is 6.92 Å². The van der Waals surface area contributed by atoms with E-state index in [1.54, 1.807) is 53.7 Å². The van der Waals surface area contributed by atoms with Gasteiger partial charge in [0.25, 0.3) is 0 Å². The molecule has 2 aliphatic rings. The Morgan fingerprint density at radius 3 is 1.24 bits per heavy atom. The molecule has 14 nitrogen and oxygen atoms in total. The first-order valence-electron chi connectivity index (χ1n) is 26.6. The SMILES string of the molecule is C.C.CC(C)(C)OC(=O)[C@H](CC(=O)O)NC(=O)OCC1c2ccccc2-c2ccccc21.Cc1ccc(C(OC(=O)C[C@H](NC(=O)OCC2c3ccccc3-c3ccccc32)C(=O)OC(C)(C)C)(c2ccccc2)c2ccccc2Cl)cc1. The van der Waals surface area contributed by atoms with Crippen LogP contribution in [-0.4, -0.2) is 77.7 Å². The number of alkyl carbamates (subject to hydrolysis) is 2. The van der Waals surface area contributed by atoms with Crippen molar-refractivity contribution >= 4 is 47.7 Å². The first-order chi connectivity index (χ1) is 38.6. The zero-order valence-corrected chi connectivity index (χ0v) is 47.0. The summed E-state index contributed by atoms with van der Waals surface area (Å²) in [5.74, 6) is -3.95. The highest BCUT2D eigenvalue weighted by atomic mass is 35.5. The van der Waals surface area contributed by atoms with Crippen molar-refractivity contribution in [2.75, 3.05) is 13.2 Å². The van der Waals surface area contributed by atoms with Crippen molar-refractivity contribution in [3.63, 3.8) is 0 Å². The van der Waals surface area contributed by atoms with Gasteiger partial charge in [-0.25, -0.2) is 19.2 Å². The number of aliphatic carboxylic acids is 1. The van der Waals surface area contributed by atoms with E-state index in [9.17, 15) is 28.8 Å². The van der Waals surface area contributed by atoms with Crippen molar-refractivity contribution in [3.8, 4) is 22.3 Å². The maximum Gasteiger partial charge on any atom is 0.407 e. The van der Waals surface area contributed by atoms with E-state index in [2.05, 4.69) is 10.6 Å². The highest BCUT2D eigenvalue weighted by Gasteiger charge is 2.44. The zero-order valence-electron chi connectivity index (χ0n) is 46.2. The van der Waals surface area contributed by atoms with Crippen LogP contribution in [0.4, 0.5) is 9.59 Å². The molecule has 9 rings (SSSR count). The van der Waals surface area contributed by atoms with Crippen LogP contribution in [0.15, 0.2) is 176 Å². The number of halogens is 1. The summed E-state index contributed by atoms with van der Waals surface area (Å²) in [4.78, 5) is 76.9. The van der Waals surface area contributed by atoms with E-state index in [-0.39, 0.29) is 39.9 Å². The molecule has 2 amide bonds. The van der Waals surface area contributed by atoms with Gasteiger partial charge in [0.2, 0.25) is 0 Å². The fraction of sp³-hybridized carbons (Fsp3) is 0.294. The highest BCUT2D eigenvalue weighted by molar-refractivity contribution is 6.31. The fourth-order valence-corrected chi connectivity index (χ4v) is 10.4. The molecule has 0 aromatic heterocycles. The minimum atomic E-state index is -1.49. The lowest BCUT2D eigenvalue weighted by Crippen LogP contribution is -2.47. The first-order valence-corrected chi connectivity index (χ1v) is 27.0. The summed E-state index contributed by atoms with van der Waals surface area (Å²) in [7, 11) is 0. The third kappa shape index (κ3) is 15.4. The minimum absolute atomic E-state index is 0. The minimum Gasteiger partial charge on any atom is -0.481 e. The summed E-state index contributed by atoms with van der Waals surface area (Å²) < 4.78 is 28.5. The second-order valence-electron chi connectivity index (χ2n) is 21.8. The molecule has 2 aliphatic carbocycles. The molecular formula is C68H73ClN2O12. The van der Waals surface area contributed by atoms with Gasteiger partial charge >= 0.3 is 36.1 Å². The average Bonchev–Trinajstić information content (AvgIpc) is 3.85. The summed E-state index contributed by atoms with van der Waals surface area (Å²) >= 11 is 6.83. The maximum absolute atomic E-state index is 14.2. The van der Waals surface area contributed by atoms with E-state index < -0.39 is 77.8 Å². The number of carboxylic acid groups (broad SMARTS) is 1. The number of carboxylic acids is 1. The van der Waals surface area contributed by atoms with E-state index in [1.807, 2.05) is 171 Å². The van der Waals surface area contributed by atoms with Crippen molar-refractivity contribution in [1.29, 1.82) is 0 Å². The number of hydrogen-bond donors (Lipinski definition) is 3. The number of ether oxygens (including phenoxy) is 5. The molecule has 3 atom stereocenters. The lowest BCUT2D eigenvalue weighted by molar-refractivity contribution is -0.163. The van der Waals surface area contributed by atoms with Gasteiger partial charge in [0.1, 0.15) is 36.5 Å². The molecule has 0 bridgehead atoms. The summed E-state index contributed by atoms with van der Waals surface area (Å²) in [6, 6.07) is 53.2. The molecule has 3 N–H and O–H groups in total. The standard InChI is InChI=1S/C43H40ClNO6.C23H25NO6.2CH4/c1-28-22-24-30(25-23-28)43(29-14-6-5-7-15-29,36-20-12-13-21-37(36)44)50-39(46)26-38(40(47)51-42(2,3)4)45-41(48)49-27-35-33-18-10-8-16-31(33)32-17-9-11-19-34(32)35;1-23(2,3)30-21(27)19(12-20(25)26)24-22(28)29-13-18-16-10-6-4-8-14(16)15-9-5-7-11-17(15)18;;/h5-25,35,38H,26-27H2,1-4H3,(H,45,48);4-11,18-19H,12-13H2,1-3H3,(H,24,28)(H,25,26);2*1H4/t38-,43?;19-;;/m00../s1. The molecule has 15 heteroatoms. The van der Waals surface area contributed by atoms with Crippen LogP contribution in [0.2, 0.25) is 5.02 Å². The third-order valence-electron chi connectivity index (χ3n) is 13.6. The topological polar surface area (TPSA) is 193 Å². The van der Waals surface area contributed by atoms with Gasteiger partial charge in [-0.2, -0.15) is 0 Å². The van der Waals surface area contributed by atoms with Crippen LogP contribution in [0.25, 0.3) is 22.3 Å². The van der Waals surface area contributed by atoms with Gasteiger partial charge in [0, 0.05) is 33.5 Å². The lowest BCUT2D eigenvalue weighted by atomic mass is 9.79. The predicted molar refractivity (Wildman–Crippen MR) is 321 cm³/mol. The van der Waals surface area contributed by atoms with Gasteiger partial charge in [0.05, 0.1) is 12.8 Å². The molecule has 0 aliphatic heterocycles. The second kappa shape index (κ2) is 27.3. The predicted octanol–water partition coefficient (Wildman–Crippen LogP) is 14.1. The molecule has 0 saturated heterocycles. The number of aryl methyl sites for hydroxylation is 1. The number of hydrogen-bond acceptors (Lipinski definition) is 11. The molecule has 7 aromatic rings. The van der Waals surface area contributed by atoms with Crippen LogP contribution in [0.3, 0.4) is 0 Å². The Balaban J connectivity index is 0.000000296. The van der Waals surface area contributed by atoms with E-state index in [0.717, 1.165) is 50.1 Å². The molecule has 0 heterocycles. The smallest absolute Gasteiger partial charge is 0.407 e. The number of carbonyl (C=O) groups is 6. The molecule has 0 spiro atoms. The Bertz CT molecular complexity index is 3330. The van der Waals surface area contributed by atoms with Crippen LogP contribution >= 0.6 is 11.6 Å². The summed E-state index contributed by atoms with van der Waals surface area (Å²) in [6.07, 6.45) is -2.86. The van der Waals surface area contributed by atoms with Crippen molar-refractivity contribution in [3.05, 3.63) is 225 Å².